The summed E-state index contributed by atoms with van der Waals surface area (Å²) in [5.41, 5.74) is 4.86. The lowest BCUT2D eigenvalue weighted by molar-refractivity contribution is 0.0731. The molecular formula is C29H28FN3O4S. The Labute approximate surface area is 220 Å². The molecule has 0 saturated heterocycles. The Bertz CT molecular complexity index is 1650. The molecule has 0 spiro atoms. The summed E-state index contributed by atoms with van der Waals surface area (Å²) in [6.45, 7) is 6.12. The number of aromatic amines is 1. The number of aromatic nitrogens is 2. The molecule has 1 aliphatic heterocycles. The number of nitrogens with zero attached hydrogens (tertiary/aromatic N) is 2. The van der Waals surface area contributed by atoms with E-state index >= 15 is 4.39 Å². The van der Waals surface area contributed by atoms with Crippen LogP contribution in [0, 0.1) is 5.82 Å². The van der Waals surface area contributed by atoms with Crippen LogP contribution in [0.15, 0.2) is 72.4 Å². The third-order valence-corrected chi connectivity index (χ3v) is 8.56. The molecule has 2 heterocycles. The zero-order valence-corrected chi connectivity index (χ0v) is 21.9. The first kappa shape index (κ1) is 25.7. The van der Waals surface area contributed by atoms with Crippen LogP contribution in [-0.2, 0) is 22.8 Å². The fraction of sp³-hybridized carbons (Fsp3) is 0.241. The highest BCUT2D eigenvalue weighted by molar-refractivity contribution is 7.91. The van der Waals surface area contributed by atoms with E-state index in [1.807, 2.05) is 36.4 Å². The standard InChI is InChI=1S/C29H28FN3O4S/c1-3-5-14-38(35,36)27-11-8-23(22(4-2)28(27)30)29(34)33-12-13-37-26-10-7-19(15-21(26)17-33)20-6-9-24-25(16-20)32-18-31-24/h3,6-11,15-16,18H,1,4-5,12-14,17H2,2H3,(H,31,32). The molecule has 1 amide bonds. The highest BCUT2D eigenvalue weighted by Gasteiger charge is 2.28. The number of rotatable bonds is 7. The quantitative estimate of drug-likeness (QED) is 0.325. The van der Waals surface area contributed by atoms with E-state index in [2.05, 4.69) is 16.5 Å². The second kappa shape index (κ2) is 10.4. The molecule has 7 nitrogen and oxygen atoms in total. The van der Waals surface area contributed by atoms with Gasteiger partial charge >= 0.3 is 0 Å². The Morgan fingerprint density at radius 2 is 1.97 bits per heavy atom. The first-order valence-electron chi connectivity index (χ1n) is 12.5. The summed E-state index contributed by atoms with van der Waals surface area (Å²) < 4.78 is 46.6. The van der Waals surface area contributed by atoms with Crippen LogP contribution in [0.4, 0.5) is 4.39 Å². The van der Waals surface area contributed by atoms with Crippen molar-refractivity contribution < 1.29 is 22.3 Å². The molecule has 0 saturated carbocycles. The fourth-order valence-corrected chi connectivity index (χ4v) is 6.14. The van der Waals surface area contributed by atoms with E-state index in [4.69, 9.17) is 4.74 Å². The first-order valence-corrected chi connectivity index (χ1v) is 14.1. The zero-order valence-electron chi connectivity index (χ0n) is 21.0. The number of hydrogen-bond acceptors (Lipinski definition) is 5. The number of halogens is 1. The number of hydrogen-bond donors (Lipinski definition) is 1. The number of imidazole rings is 1. The minimum Gasteiger partial charge on any atom is -0.491 e. The van der Waals surface area contributed by atoms with Crippen LogP contribution in [0.3, 0.4) is 0 Å². The van der Waals surface area contributed by atoms with Crippen LogP contribution >= 0.6 is 0 Å². The fourth-order valence-electron chi connectivity index (χ4n) is 4.77. The Morgan fingerprint density at radius 3 is 2.76 bits per heavy atom. The second-order valence-corrected chi connectivity index (χ2v) is 11.3. The maximum atomic E-state index is 15.4. The van der Waals surface area contributed by atoms with Gasteiger partial charge in [0, 0.05) is 23.2 Å². The van der Waals surface area contributed by atoms with Crippen molar-refractivity contribution in [2.24, 2.45) is 0 Å². The summed E-state index contributed by atoms with van der Waals surface area (Å²) in [6, 6.07) is 14.5. The molecule has 4 aromatic rings. The average Bonchev–Trinajstić information content (AvgIpc) is 3.28. The van der Waals surface area contributed by atoms with Crippen molar-refractivity contribution in [3.05, 3.63) is 90.0 Å². The molecule has 1 N–H and O–H groups in total. The van der Waals surface area contributed by atoms with E-state index in [1.165, 1.54) is 18.2 Å². The highest BCUT2D eigenvalue weighted by Crippen LogP contribution is 2.32. The van der Waals surface area contributed by atoms with Gasteiger partial charge < -0.3 is 14.6 Å². The van der Waals surface area contributed by atoms with Crippen molar-refractivity contribution in [1.82, 2.24) is 14.9 Å². The van der Waals surface area contributed by atoms with Crippen molar-refractivity contribution in [2.45, 2.75) is 31.2 Å². The molecular weight excluding hydrogens is 505 g/mol. The lowest BCUT2D eigenvalue weighted by Gasteiger charge is -2.22. The van der Waals surface area contributed by atoms with Gasteiger partial charge in [0.15, 0.2) is 9.84 Å². The molecule has 0 bridgehead atoms. The van der Waals surface area contributed by atoms with Crippen LogP contribution in [0.5, 0.6) is 5.75 Å². The predicted octanol–water partition coefficient (Wildman–Crippen LogP) is 5.32. The van der Waals surface area contributed by atoms with Gasteiger partial charge in [0.1, 0.15) is 23.1 Å². The molecule has 0 aliphatic carbocycles. The number of amides is 1. The Hall–Kier alpha value is -3.98. The Morgan fingerprint density at radius 1 is 1.18 bits per heavy atom. The summed E-state index contributed by atoms with van der Waals surface area (Å²) >= 11 is 0. The molecule has 5 rings (SSSR count). The number of carbonyl (C=O) groups excluding carboxylic acids is 1. The number of sulfone groups is 1. The average molecular weight is 534 g/mol. The molecule has 0 unspecified atom stereocenters. The first-order chi connectivity index (χ1) is 18.3. The minimum atomic E-state index is -3.84. The van der Waals surface area contributed by atoms with E-state index in [9.17, 15) is 13.2 Å². The van der Waals surface area contributed by atoms with Gasteiger partial charge in [-0.3, -0.25) is 4.79 Å². The van der Waals surface area contributed by atoms with Gasteiger partial charge in [-0.05, 0) is 60.4 Å². The number of fused-ring (bicyclic) bond motifs is 2. The van der Waals surface area contributed by atoms with Gasteiger partial charge in [-0.2, -0.15) is 0 Å². The van der Waals surface area contributed by atoms with Crippen LogP contribution in [0.2, 0.25) is 0 Å². The normalized spacial score (nSPS) is 13.6. The maximum Gasteiger partial charge on any atom is 0.254 e. The number of H-pyrrole nitrogens is 1. The zero-order chi connectivity index (χ0) is 26.9. The number of allylic oxidation sites excluding steroid dienone is 1. The smallest absolute Gasteiger partial charge is 0.254 e. The molecule has 0 atom stereocenters. The van der Waals surface area contributed by atoms with E-state index in [0.29, 0.717) is 12.3 Å². The van der Waals surface area contributed by atoms with Crippen molar-refractivity contribution >= 4 is 26.8 Å². The Balaban J connectivity index is 1.45. The number of ether oxygens (including phenoxy) is 1. The summed E-state index contributed by atoms with van der Waals surface area (Å²) in [5.74, 6) is -0.765. The van der Waals surface area contributed by atoms with Crippen molar-refractivity contribution in [1.29, 1.82) is 0 Å². The third kappa shape index (κ3) is 4.81. The lowest BCUT2D eigenvalue weighted by atomic mass is 10.0. The predicted molar refractivity (Wildman–Crippen MR) is 144 cm³/mol. The van der Waals surface area contributed by atoms with E-state index in [-0.39, 0.29) is 53.7 Å². The molecule has 1 aromatic heterocycles. The minimum absolute atomic E-state index is 0.0988. The van der Waals surface area contributed by atoms with Gasteiger partial charge in [0.2, 0.25) is 0 Å². The summed E-state index contributed by atoms with van der Waals surface area (Å²) in [5, 5.41) is 0. The van der Waals surface area contributed by atoms with Crippen LogP contribution < -0.4 is 4.74 Å². The van der Waals surface area contributed by atoms with E-state index < -0.39 is 15.7 Å². The number of carbonyl (C=O) groups is 1. The van der Waals surface area contributed by atoms with Crippen molar-refractivity contribution in [3.8, 4) is 16.9 Å². The number of nitrogens with one attached hydrogen (secondary N) is 1. The molecule has 0 fully saturated rings. The van der Waals surface area contributed by atoms with Crippen molar-refractivity contribution in [2.75, 3.05) is 18.9 Å². The largest absolute Gasteiger partial charge is 0.491 e. The Kier molecular flexibility index (Phi) is 7.03. The monoisotopic (exact) mass is 533 g/mol. The van der Waals surface area contributed by atoms with Gasteiger partial charge in [-0.15, -0.1) is 6.58 Å². The summed E-state index contributed by atoms with van der Waals surface area (Å²) in [4.78, 5) is 22.3. The van der Waals surface area contributed by atoms with E-state index in [0.717, 1.165) is 27.7 Å². The summed E-state index contributed by atoms with van der Waals surface area (Å²) in [6.07, 6.45) is 3.53. The SMILES string of the molecule is C=CCCS(=O)(=O)c1ccc(C(=O)N2CCOc3ccc(-c4ccc5nc[nH]c5c4)cc3C2)c(CC)c1F. The molecule has 38 heavy (non-hydrogen) atoms. The van der Waals surface area contributed by atoms with Crippen LogP contribution in [0.25, 0.3) is 22.2 Å². The highest BCUT2D eigenvalue weighted by atomic mass is 32.2. The maximum absolute atomic E-state index is 15.4. The number of benzene rings is 3. The topological polar surface area (TPSA) is 92.4 Å². The van der Waals surface area contributed by atoms with Gasteiger partial charge in [-0.25, -0.2) is 17.8 Å². The van der Waals surface area contributed by atoms with E-state index in [1.54, 1.807) is 18.2 Å². The lowest BCUT2D eigenvalue weighted by Crippen LogP contribution is -2.33. The van der Waals surface area contributed by atoms with Crippen molar-refractivity contribution in [3.63, 3.8) is 0 Å². The third-order valence-electron chi connectivity index (χ3n) is 6.80. The summed E-state index contributed by atoms with van der Waals surface area (Å²) in [7, 11) is -3.84. The molecule has 196 valence electrons. The van der Waals surface area contributed by atoms with Gasteiger partial charge in [0.05, 0.1) is 29.7 Å². The molecule has 0 radical (unpaired) electrons. The van der Waals surface area contributed by atoms with Gasteiger partial charge in [0.25, 0.3) is 5.91 Å². The second-order valence-electron chi connectivity index (χ2n) is 9.19. The molecule has 1 aliphatic rings. The van der Waals surface area contributed by atoms with Crippen LogP contribution in [-0.4, -0.2) is 48.1 Å². The molecule has 3 aromatic carbocycles. The van der Waals surface area contributed by atoms with Gasteiger partial charge in [-0.1, -0.05) is 25.1 Å². The van der Waals surface area contributed by atoms with Crippen LogP contribution in [0.1, 0.15) is 34.8 Å². The molecule has 9 heteroatoms.